The van der Waals surface area contributed by atoms with Gasteiger partial charge in [-0.25, -0.2) is 0 Å². The molecule has 0 fully saturated rings. The zero-order chi connectivity index (χ0) is 18.7. The van der Waals surface area contributed by atoms with Gasteiger partial charge < -0.3 is 10.2 Å². The van der Waals surface area contributed by atoms with Gasteiger partial charge in [0.2, 0.25) is 0 Å². The summed E-state index contributed by atoms with van der Waals surface area (Å²) in [6.45, 7) is 0. The molecule has 0 saturated heterocycles. The van der Waals surface area contributed by atoms with Crippen LogP contribution >= 0.6 is 19.7 Å². The second kappa shape index (κ2) is 8.48. The molecule has 4 aromatic rings. The van der Waals surface area contributed by atoms with Crippen molar-refractivity contribution in [3.05, 3.63) is 109 Å². The lowest BCUT2D eigenvalue weighted by atomic mass is 10.3. The lowest BCUT2D eigenvalue weighted by Gasteiger charge is -2.30. The molecule has 0 radical (unpaired) electrons. The molecule has 0 spiro atoms. The Morgan fingerprint density at radius 2 is 0.964 bits per heavy atom. The van der Waals surface area contributed by atoms with Crippen molar-refractivity contribution in [2.75, 3.05) is 0 Å². The Hall–Kier alpha value is -2.80. The van der Waals surface area contributed by atoms with Crippen LogP contribution in [0.5, 0.6) is 11.5 Å². The Bertz CT molecular complexity index is 941. The van der Waals surface area contributed by atoms with Crippen LogP contribution in [-0.2, 0) is 0 Å². The maximum atomic E-state index is 13.1. The van der Waals surface area contributed by atoms with Gasteiger partial charge in [0.15, 0.2) is 0 Å². The van der Waals surface area contributed by atoms with Crippen LogP contribution in [0.3, 0.4) is 0 Å². The van der Waals surface area contributed by atoms with Crippen LogP contribution in [0.1, 0.15) is 0 Å². The summed E-state index contributed by atoms with van der Waals surface area (Å²) in [5.41, 5.74) is 0. The van der Waals surface area contributed by atoms with E-state index in [1.807, 2.05) is 54.6 Å². The van der Waals surface area contributed by atoms with E-state index in [9.17, 15) is 10.2 Å². The maximum absolute atomic E-state index is 13.1. The van der Waals surface area contributed by atoms with Crippen LogP contribution in [0.25, 0.3) is 0 Å². The van der Waals surface area contributed by atoms with Crippen molar-refractivity contribution in [3.8, 4) is 11.5 Å². The monoisotopic (exact) mass is 406 g/mol. The molecule has 4 heteroatoms. The van der Waals surface area contributed by atoms with Crippen molar-refractivity contribution in [3.63, 3.8) is 0 Å². The molecule has 0 aliphatic heterocycles. The van der Waals surface area contributed by atoms with Crippen LogP contribution in [-0.4, -0.2) is 5.11 Å². The quantitative estimate of drug-likeness (QED) is 0.527. The molecule has 4 rings (SSSR count). The molecule has 0 saturated carbocycles. The fraction of sp³-hybridized carbons (Fsp3) is 0. The number of hydrogen-bond donors (Lipinski definition) is 1. The molecule has 0 amide bonds. The number of hydrogen-bond acceptors (Lipinski definition) is 2. The first-order chi connectivity index (χ1) is 13.2. The van der Waals surface area contributed by atoms with Crippen LogP contribution < -0.4 is 26.3 Å². The Balaban J connectivity index is 0.00000225. The van der Waals surface area contributed by atoms with E-state index in [0.717, 1.165) is 15.9 Å². The first-order valence-electron chi connectivity index (χ1n) is 8.79. The van der Waals surface area contributed by atoms with Crippen molar-refractivity contribution in [1.82, 2.24) is 0 Å². The van der Waals surface area contributed by atoms with Gasteiger partial charge in [0.05, 0.1) is 0 Å². The predicted octanol–water partition coefficient (Wildman–Crippen LogP) is 3.51. The van der Waals surface area contributed by atoms with E-state index in [2.05, 4.69) is 36.4 Å². The Kier molecular flexibility index (Phi) is 6.04. The largest absolute Gasteiger partial charge is 0.870 e. The lowest BCUT2D eigenvalue weighted by molar-refractivity contribution is -0.266. The van der Waals surface area contributed by atoms with Crippen molar-refractivity contribution >= 4 is 40.9 Å². The molecule has 28 heavy (non-hydrogen) atoms. The number of benzene rings is 4. The summed E-state index contributed by atoms with van der Waals surface area (Å²) in [5, 5.41) is 27.2. The Morgan fingerprint density at radius 1 is 0.571 bits per heavy atom. The molecular weight excluding hydrogens is 387 g/mol. The van der Waals surface area contributed by atoms with Gasteiger partial charge in [-0.3, -0.25) is 0 Å². The summed E-state index contributed by atoms with van der Waals surface area (Å²) >= 11 is 0. The summed E-state index contributed by atoms with van der Waals surface area (Å²) in [6, 6.07) is 35.0. The fourth-order valence-electron chi connectivity index (χ4n) is 3.59. The van der Waals surface area contributed by atoms with Crippen molar-refractivity contribution < 1.29 is 10.2 Å². The fourth-order valence-corrected chi connectivity index (χ4v) is 7.91. The number of phenolic OH excluding ortho intramolecular Hbond substituents is 1. The number of aromatic hydroxyl groups is 1. The zero-order valence-corrected chi connectivity index (χ0v) is 16.8. The minimum absolute atomic E-state index is 0. The Morgan fingerprint density at radius 3 is 1.36 bits per heavy atom. The molecule has 1 N–H and O–H groups in total. The molecular formula is C24H20ClO2P. The van der Waals surface area contributed by atoms with E-state index in [-0.39, 0.29) is 23.9 Å². The van der Waals surface area contributed by atoms with E-state index in [0.29, 0.717) is 5.30 Å². The van der Waals surface area contributed by atoms with E-state index in [1.54, 1.807) is 6.07 Å². The second-order valence-electron chi connectivity index (χ2n) is 6.33. The van der Waals surface area contributed by atoms with E-state index in [4.69, 9.17) is 0 Å². The van der Waals surface area contributed by atoms with Crippen molar-refractivity contribution in [1.29, 1.82) is 0 Å². The van der Waals surface area contributed by atoms with Gasteiger partial charge in [-0.15, -0.1) is 12.4 Å². The zero-order valence-electron chi connectivity index (χ0n) is 15.1. The highest BCUT2D eigenvalue weighted by molar-refractivity contribution is 8.01. The summed E-state index contributed by atoms with van der Waals surface area (Å²) in [4.78, 5) is 0. The maximum Gasteiger partial charge on any atom is 0.143 e. The SMILES string of the molecule is Cl.[O-]c1ccc(O)cc1[P+](c1ccccc1)(c1ccccc1)c1ccccc1. The van der Waals surface area contributed by atoms with Gasteiger partial charge in [-0.2, -0.15) is 0 Å². The minimum atomic E-state index is -2.44. The summed E-state index contributed by atoms with van der Waals surface area (Å²) in [7, 11) is -2.44. The molecule has 0 aliphatic rings. The molecule has 140 valence electrons. The highest BCUT2D eigenvalue weighted by Gasteiger charge is 2.48. The lowest BCUT2D eigenvalue weighted by Crippen LogP contribution is -2.39. The number of halogens is 1. The van der Waals surface area contributed by atoms with Crippen LogP contribution in [0, 0.1) is 0 Å². The molecule has 0 unspecified atom stereocenters. The van der Waals surface area contributed by atoms with Crippen LogP contribution in [0.2, 0.25) is 0 Å². The third-order valence-corrected chi connectivity index (χ3v) is 9.02. The predicted molar refractivity (Wildman–Crippen MR) is 120 cm³/mol. The summed E-state index contributed by atoms with van der Waals surface area (Å²) in [5.74, 6) is 0.0504. The van der Waals surface area contributed by atoms with Gasteiger partial charge in [-0.05, 0) is 42.5 Å². The molecule has 2 nitrogen and oxygen atoms in total. The van der Waals surface area contributed by atoms with Gasteiger partial charge in [0, 0.05) is 6.07 Å². The molecule has 0 heterocycles. The highest BCUT2D eigenvalue weighted by atomic mass is 35.5. The van der Waals surface area contributed by atoms with Crippen molar-refractivity contribution in [2.45, 2.75) is 0 Å². The Labute approximate surface area is 171 Å². The normalized spacial score (nSPS) is 10.9. The van der Waals surface area contributed by atoms with Gasteiger partial charge in [-0.1, -0.05) is 66.4 Å². The average Bonchev–Trinajstić information content (AvgIpc) is 2.73. The van der Waals surface area contributed by atoms with Crippen LogP contribution in [0.4, 0.5) is 0 Å². The van der Waals surface area contributed by atoms with Gasteiger partial charge in [0.25, 0.3) is 0 Å². The molecule has 4 aromatic carbocycles. The van der Waals surface area contributed by atoms with Crippen molar-refractivity contribution in [2.24, 2.45) is 0 Å². The van der Waals surface area contributed by atoms with E-state index in [1.165, 1.54) is 12.1 Å². The first kappa shape index (κ1) is 19.9. The topological polar surface area (TPSA) is 43.3 Å². The molecule has 0 aromatic heterocycles. The number of phenols is 1. The molecule has 0 bridgehead atoms. The third kappa shape index (κ3) is 3.38. The standard InChI is InChI=1S/C24H19O2P.ClH/c25-19-16-17-23(26)24(18-19)27(20-10-4-1-5-11-20,21-12-6-2-7-13-21)22-14-8-3-9-15-22;/h1-18H,(H-,25,26);1H. The number of rotatable bonds is 4. The average molecular weight is 407 g/mol. The smallest absolute Gasteiger partial charge is 0.143 e. The highest BCUT2D eigenvalue weighted by Crippen LogP contribution is 2.55. The van der Waals surface area contributed by atoms with Gasteiger partial charge in [0.1, 0.15) is 34.2 Å². The molecule has 0 aliphatic carbocycles. The second-order valence-corrected chi connectivity index (χ2v) is 9.70. The minimum Gasteiger partial charge on any atom is -0.870 e. The summed E-state index contributed by atoms with van der Waals surface area (Å²) < 4.78 is 0. The molecule has 0 atom stereocenters. The van der Waals surface area contributed by atoms with E-state index >= 15 is 0 Å². The van der Waals surface area contributed by atoms with Gasteiger partial charge >= 0.3 is 0 Å². The first-order valence-corrected chi connectivity index (χ1v) is 10.6. The third-order valence-electron chi connectivity index (χ3n) is 4.73. The van der Waals surface area contributed by atoms with E-state index < -0.39 is 7.26 Å². The summed E-state index contributed by atoms with van der Waals surface area (Å²) in [6.07, 6.45) is 0. The van der Waals surface area contributed by atoms with Crippen LogP contribution in [0.15, 0.2) is 109 Å².